The van der Waals surface area contributed by atoms with E-state index in [1.165, 1.54) is 0 Å². The maximum atomic E-state index is 12.8. The van der Waals surface area contributed by atoms with Crippen LogP contribution in [0.5, 0.6) is 5.75 Å². The van der Waals surface area contributed by atoms with Crippen LogP contribution in [-0.2, 0) is 16.0 Å². The van der Waals surface area contributed by atoms with Gasteiger partial charge in [0.2, 0.25) is 5.60 Å². The van der Waals surface area contributed by atoms with Gasteiger partial charge in [-0.05, 0) is 42.5 Å². The average Bonchev–Trinajstić information content (AvgIpc) is 2.61. The van der Waals surface area contributed by atoms with Crippen molar-refractivity contribution in [3.8, 4) is 5.75 Å². The Morgan fingerprint density at radius 1 is 1.20 bits per heavy atom. The van der Waals surface area contributed by atoms with E-state index in [1.807, 2.05) is 30.3 Å². The zero-order valence-electron chi connectivity index (χ0n) is 14.7. The van der Waals surface area contributed by atoms with Crippen LogP contribution in [0, 0.1) is 0 Å². The van der Waals surface area contributed by atoms with Crippen LogP contribution in [0.3, 0.4) is 0 Å². The summed E-state index contributed by atoms with van der Waals surface area (Å²) in [7, 11) is 0. The molecule has 25 heavy (non-hydrogen) atoms. The molecule has 1 heterocycles. The number of fused-ring (bicyclic) bond motifs is 1. The van der Waals surface area contributed by atoms with E-state index in [0.29, 0.717) is 17.7 Å². The fourth-order valence-electron chi connectivity index (χ4n) is 3.05. The van der Waals surface area contributed by atoms with E-state index in [-0.39, 0.29) is 5.92 Å². The minimum absolute atomic E-state index is 0.270. The van der Waals surface area contributed by atoms with Crippen molar-refractivity contribution in [3.63, 3.8) is 0 Å². The maximum absolute atomic E-state index is 12.8. The summed E-state index contributed by atoms with van der Waals surface area (Å²) in [6.45, 7) is 5.78. The fraction of sp³-hybridized carbons (Fsp3) is 0.333. The van der Waals surface area contributed by atoms with Gasteiger partial charge in [-0.15, -0.1) is 0 Å². The topological polar surface area (TPSA) is 52.6 Å². The monoisotopic (exact) mass is 338 g/mol. The third-order valence-corrected chi connectivity index (χ3v) is 4.78. The second-order valence-corrected chi connectivity index (χ2v) is 6.69. The molecular formula is C21H22O4. The molecule has 4 heteroatoms. The van der Waals surface area contributed by atoms with Crippen molar-refractivity contribution in [1.82, 2.24) is 0 Å². The average molecular weight is 338 g/mol. The van der Waals surface area contributed by atoms with E-state index < -0.39 is 17.5 Å². The van der Waals surface area contributed by atoms with Crippen molar-refractivity contribution in [3.05, 3.63) is 65.2 Å². The quantitative estimate of drug-likeness (QED) is 0.617. The molecule has 2 unspecified atom stereocenters. The first-order valence-corrected chi connectivity index (χ1v) is 8.57. The third-order valence-electron chi connectivity index (χ3n) is 4.78. The minimum Gasteiger partial charge on any atom is -0.443 e. The number of esters is 2. The minimum atomic E-state index is -1.33. The number of ether oxygens (including phenoxy) is 2. The predicted molar refractivity (Wildman–Crippen MR) is 94.7 cm³/mol. The van der Waals surface area contributed by atoms with Gasteiger partial charge in [0.1, 0.15) is 5.75 Å². The Kier molecular flexibility index (Phi) is 4.62. The molecular weight excluding hydrogens is 316 g/mol. The van der Waals surface area contributed by atoms with Crippen molar-refractivity contribution in [1.29, 1.82) is 0 Å². The third kappa shape index (κ3) is 3.29. The lowest BCUT2D eigenvalue weighted by atomic mass is 9.90. The number of carbonyl (C=O) groups excluding carboxylic acids is 2. The molecule has 2 aromatic carbocycles. The fourth-order valence-corrected chi connectivity index (χ4v) is 3.05. The van der Waals surface area contributed by atoms with Gasteiger partial charge in [0.15, 0.2) is 0 Å². The Morgan fingerprint density at radius 2 is 1.88 bits per heavy atom. The summed E-state index contributed by atoms with van der Waals surface area (Å²) in [5, 5.41) is 0. The second-order valence-electron chi connectivity index (χ2n) is 6.69. The maximum Gasteiger partial charge on any atom is 0.356 e. The Morgan fingerprint density at radius 3 is 2.64 bits per heavy atom. The van der Waals surface area contributed by atoms with Crippen LogP contribution in [0.25, 0.3) is 0 Å². The lowest BCUT2D eigenvalue weighted by Gasteiger charge is -2.32. The van der Waals surface area contributed by atoms with Gasteiger partial charge in [-0.25, -0.2) is 9.59 Å². The highest BCUT2D eigenvalue weighted by Crippen LogP contribution is 2.32. The summed E-state index contributed by atoms with van der Waals surface area (Å²) in [6.07, 6.45) is 1.24. The summed E-state index contributed by atoms with van der Waals surface area (Å²) in [5.41, 5.74) is 0.958. The molecule has 1 aliphatic heterocycles. The summed E-state index contributed by atoms with van der Waals surface area (Å²) >= 11 is 0. The van der Waals surface area contributed by atoms with Crippen molar-refractivity contribution in [2.75, 3.05) is 0 Å². The Labute approximate surface area is 147 Å². The molecule has 0 amide bonds. The number of carbonyl (C=O) groups is 2. The van der Waals surface area contributed by atoms with E-state index in [4.69, 9.17) is 9.47 Å². The van der Waals surface area contributed by atoms with E-state index in [2.05, 4.69) is 13.8 Å². The summed E-state index contributed by atoms with van der Waals surface area (Å²) < 4.78 is 11.1. The smallest absolute Gasteiger partial charge is 0.356 e. The standard InChI is InChI=1S/C21H22O4/c1-4-14(2)16-10-7-8-12-18(16)24-20(23)21(3)13-15-9-5-6-11-17(15)19(22)25-21/h5-12,14H,4,13H2,1-3H3. The number of benzene rings is 2. The van der Waals surface area contributed by atoms with Gasteiger partial charge in [0.25, 0.3) is 0 Å². The molecule has 1 aliphatic rings. The largest absolute Gasteiger partial charge is 0.443 e. The number of rotatable bonds is 4. The lowest BCUT2D eigenvalue weighted by Crippen LogP contribution is -2.48. The molecule has 2 atom stereocenters. The van der Waals surface area contributed by atoms with E-state index in [0.717, 1.165) is 17.5 Å². The van der Waals surface area contributed by atoms with Gasteiger partial charge < -0.3 is 9.47 Å². The van der Waals surface area contributed by atoms with Crippen LogP contribution in [-0.4, -0.2) is 17.5 Å². The van der Waals surface area contributed by atoms with Gasteiger partial charge in [-0.1, -0.05) is 50.2 Å². The van der Waals surface area contributed by atoms with Crippen molar-refractivity contribution >= 4 is 11.9 Å². The Hall–Kier alpha value is -2.62. The Balaban J connectivity index is 1.86. The summed E-state index contributed by atoms with van der Waals surface area (Å²) in [4.78, 5) is 25.1. The molecule has 0 saturated carbocycles. The van der Waals surface area contributed by atoms with E-state index >= 15 is 0 Å². The first kappa shape index (κ1) is 17.2. The number of cyclic esters (lactones) is 1. The second kappa shape index (κ2) is 6.71. The molecule has 0 N–H and O–H groups in total. The highest BCUT2D eigenvalue weighted by Gasteiger charge is 2.44. The SMILES string of the molecule is CCC(C)c1ccccc1OC(=O)C1(C)Cc2ccccc2C(=O)O1. The van der Waals surface area contributed by atoms with Crippen molar-refractivity contribution in [2.45, 2.75) is 45.1 Å². The molecule has 2 aromatic rings. The molecule has 0 spiro atoms. The predicted octanol–water partition coefficient (Wildman–Crippen LogP) is 4.28. The molecule has 0 saturated heterocycles. The molecule has 4 nitrogen and oxygen atoms in total. The van der Waals surface area contributed by atoms with Gasteiger partial charge in [0, 0.05) is 6.42 Å². The zero-order valence-corrected chi connectivity index (χ0v) is 14.7. The van der Waals surface area contributed by atoms with Crippen molar-refractivity contribution in [2.24, 2.45) is 0 Å². The molecule has 0 aliphatic carbocycles. The molecule has 0 fully saturated rings. The zero-order chi connectivity index (χ0) is 18.0. The van der Waals surface area contributed by atoms with E-state index in [9.17, 15) is 9.59 Å². The number of para-hydroxylation sites is 1. The Bertz CT molecular complexity index is 811. The normalized spacial score (nSPS) is 20.4. The molecule has 130 valence electrons. The number of hydrogen-bond acceptors (Lipinski definition) is 4. The highest BCUT2D eigenvalue weighted by atomic mass is 16.6. The van der Waals surface area contributed by atoms with Crippen LogP contribution in [0.4, 0.5) is 0 Å². The van der Waals surface area contributed by atoms with Crippen molar-refractivity contribution < 1.29 is 19.1 Å². The van der Waals surface area contributed by atoms with Crippen LogP contribution >= 0.6 is 0 Å². The van der Waals surface area contributed by atoms with E-state index in [1.54, 1.807) is 25.1 Å². The lowest BCUT2D eigenvalue weighted by molar-refractivity contribution is -0.155. The molecule has 0 aromatic heterocycles. The first-order valence-electron chi connectivity index (χ1n) is 8.57. The number of hydrogen-bond donors (Lipinski definition) is 0. The van der Waals surface area contributed by atoms with Crippen LogP contribution in [0.2, 0.25) is 0 Å². The van der Waals surface area contributed by atoms with Gasteiger partial charge in [-0.3, -0.25) is 0 Å². The summed E-state index contributed by atoms with van der Waals surface area (Å²) in [6, 6.07) is 14.7. The summed E-state index contributed by atoms with van der Waals surface area (Å²) in [5.74, 6) is -0.243. The van der Waals surface area contributed by atoms with Gasteiger partial charge >= 0.3 is 11.9 Å². The van der Waals surface area contributed by atoms with Gasteiger partial charge in [-0.2, -0.15) is 0 Å². The van der Waals surface area contributed by atoms with Crippen LogP contribution in [0.1, 0.15) is 54.6 Å². The van der Waals surface area contributed by atoms with Gasteiger partial charge in [0.05, 0.1) is 5.56 Å². The van der Waals surface area contributed by atoms with Crippen LogP contribution in [0.15, 0.2) is 48.5 Å². The molecule has 0 bridgehead atoms. The molecule has 3 rings (SSSR count). The first-order chi connectivity index (χ1) is 11.9. The highest BCUT2D eigenvalue weighted by molar-refractivity contribution is 5.96. The molecule has 0 radical (unpaired) electrons. The van der Waals surface area contributed by atoms with Crippen LogP contribution < -0.4 is 4.74 Å².